The molecule has 3 fully saturated rings. The number of hydrogen-bond donors (Lipinski definition) is 2. The average molecular weight is 280 g/mol. The molecule has 2 N–H and O–H groups in total. The lowest BCUT2D eigenvalue weighted by molar-refractivity contribution is -0.149. The van der Waals surface area contributed by atoms with Gasteiger partial charge in [0.15, 0.2) is 0 Å². The molecule has 3 rings (SSSR count). The first-order valence-corrected chi connectivity index (χ1v) is 7.96. The quantitative estimate of drug-likeness (QED) is 0.801. The Bertz CT molecular complexity index is 399. The molecule has 112 valence electrons. The van der Waals surface area contributed by atoms with Crippen LogP contribution in [0.3, 0.4) is 0 Å². The van der Waals surface area contributed by atoms with Crippen molar-refractivity contribution in [1.82, 2.24) is 10.2 Å². The maximum atomic E-state index is 12.6. The highest BCUT2D eigenvalue weighted by Gasteiger charge is 2.40. The predicted octanol–water partition coefficient (Wildman–Crippen LogP) is 1.37. The third-order valence-corrected chi connectivity index (χ3v) is 5.27. The first-order valence-electron chi connectivity index (χ1n) is 7.96. The lowest BCUT2D eigenvalue weighted by Crippen LogP contribution is -2.57. The minimum atomic E-state index is -0.859. The van der Waals surface area contributed by atoms with E-state index in [1.807, 2.05) is 0 Å². The molecule has 0 aromatic heterocycles. The van der Waals surface area contributed by atoms with Gasteiger partial charge in [-0.15, -0.1) is 0 Å². The zero-order chi connectivity index (χ0) is 14.1. The van der Waals surface area contributed by atoms with E-state index in [1.165, 1.54) is 19.3 Å². The maximum Gasteiger partial charge on any atom is 0.326 e. The molecule has 1 saturated carbocycles. The summed E-state index contributed by atoms with van der Waals surface area (Å²) in [5, 5.41) is 12.7. The van der Waals surface area contributed by atoms with Crippen LogP contribution >= 0.6 is 0 Å². The predicted molar refractivity (Wildman–Crippen MR) is 74.3 cm³/mol. The number of nitrogens with one attached hydrogen (secondary N) is 1. The summed E-state index contributed by atoms with van der Waals surface area (Å²) in [6.45, 7) is 0.599. The SMILES string of the molecule is O=C(O)[C@H]1CCCN1C(=O)C1CCC2CCCCC2N1. The second-order valence-electron chi connectivity index (χ2n) is 6.48. The highest BCUT2D eigenvalue weighted by atomic mass is 16.4. The summed E-state index contributed by atoms with van der Waals surface area (Å²) in [4.78, 5) is 25.4. The van der Waals surface area contributed by atoms with E-state index in [-0.39, 0.29) is 11.9 Å². The Morgan fingerprint density at radius 1 is 1.00 bits per heavy atom. The van der Waals surface area contributed by atoms with Crippen LogP contribution in [0, 0.1) is 5.92 Å². The van der Waals surface area contributed by atoms with Crippen LogP contribution in [0.15, 0.2) is 0 Å². The summed E-state index contributed by atoms with van der Waals surface area (Å²) in [6.07, 6.45) is 8.38. The minimum Gasteiger partial charge on any atom is -0.480 e. The van der Waals surface area contributed by atoms with Gasteiger partial charge in [-0.05, 0) is 44.4 Å². The minimum absolute atomic E-state index is 0.0129. The van der Waals surface area contributed by atoms with Crippen molar-refractivity contribution in [2.75, 3.05) is 6.54 Å². The van der Waals surface area contributed by atoms with Crippen molar-refractivity contribution in [3.63, 3.8) is 0 Å². The summed E-state index contributed by atoms with van der Waals surface area (Å²) in [7, 11) is 0. The number of aliphatic carboxylic acids is 1. The number of carboxylic acid groups (broad SMARTS) is 1. The largest absolute Gasteiger partial charge is 0.480 e. The molecule has 1 amide bonds. The standard InChI is InChI=1S/C15H24N2O3/c18-14(17-9-3-6-13(17)15(19)20)12-8-7-10-4-1-2-5-11(10)16-12/h10-13,16H,1-9H2,(H,19,20)/t10?,11?,12?,13-/m1/s1. The highest BCUT2D eigenvalue weighted by Crippen LogP contribution is 2.33. The van der Waals surface area contributed by atoms with Crippen molar-refractivity contribution < 1.29 is 14.7 Å². The van der Waals surface area contributed by atoms with Gasteiger partial charge in [-0.2, -0.15) is 0 Å². The van der Waals surface area contributed by atoms with Gasteiger partial charge in [0.25, 0.3) is 0 Å². The normalized spacial score (nSPS) is 37.5. The summed E-state index contributed by atoms with van der Waals surface area (Å²) in [5.74, 6) is -0.122. The summed E-state index contributed by atoms with van der Waals surface area (Å²) in [5.41, 5.74) is 0. The molecule has 0 radical (unpaired) electrons. The van der Waals surface area contributed by atoms with Crippen molar-refractivity contribution in [2.24, 2.45) is 5.92 Å². The Hall–Kier alpha value is -1.10. The third kappa shape index (κ3) is 2.55. The van der Waals surface area contributed by atoms with Crippen LogP contribution in [-0.2, 0) is 9.59 Å². The smallest absolute Gasteiger partial charge is 0.326 e. The first kappa shape index (κ1) is 13.9. The van der Waals surface area contributed by atoms with Gasteiger partial charge in [0.1, 0.15) is 6.04 Å². The molecule has 20 heavy (non-hydrogen) atoms. The van der Waals surface area contributed by atoms with Gasteiger partial charge < -0.3 is 15.3 Å². The van der Waals surface area contributed by atoms with Gasteiger partial charge in [0.2, 0.25) is 5.91 Å². The zero-order valence-electron chi connectivity index (χ0n) is 11.9. The van der Waals surface area contributed by atoms with Gasteiger partial charge in [0.05, 0.1) is 6.04 Å². The van der Waals surface area contributed by atoms with E-state index >= 15 is 0 Å². The van der Waals surface area contributed by atoms with Crippen LogP contribution in [0.4, 0.5) is 0 Å². The lowest BCUT2D eigenvalue weighted by Gasteiger charge is -2.41. The number of fused-ring (bicyclic) bond motifs is 1. The van der Waals surface area contributed by atoms with E-state index in [1.54, 1.807) is 4.90 Å². The second kappa shape index (κ2) is 5.72. The van der Waals surface area contributed by atoms with Crippen LogP contribution in [0.2, 0.25) is 0 Å². The Morgan fingerprint density at radius 3 is 2.60 bits per heavy atom. The summed E-state index contributed by atoms with van der Waals surface area (Å²) < 4.78 is 0. The molecule has 3 aliphatic rings. The average Bonchev–Trinajstić information content (AvgIpc) is 2.95. The van der Waals surface area contributed by atoms with Crippen LogP contribution in [0.25, 0.3) is 0 Å². The van der Waals surface area contributed by atoms with E-state index in [4.69, 9.17) is 0 Å². The highest BCUT2D eigenvalue weighted by molar-refractivity contribution is 5.87. The van der Waals surface area contributed by atoms with E-state index < -0.39 is 12.0 Å². The molecule has 2 heterocycles. The number of carbonyl (C=O) groups excluding carboxylic acids is 1. The fraction of sp³-hybridized carbons (Fsp3) is 0.867. The van der Waals surface area contributed by atoms with Gasteiger partial charge in [-0.3, -0.25) is 4.79 Å². The molecule has 0 aromatic rings. The molecule has 0 spiro atoms. The molecule has 5 heteroatoms. The number of carbonyl (C=O) groups is 2. The molecule has 3 unspecified atom stereocenters. The Morgan fingerprint density at radius 2 is 1.80 bits per heavy atom. The first-order chi connectivity index (χ1) is 9.66. The summed E-state index contributed by atoms with van der Waals surface area (Å²) >= 11 is 0. The molecule has 0 aromatic carbocycles. The van der Waals surface area contributed by atoms with Crippen molar-refractivity contribution in [2.45, 2.75) is 69.5 Å². The Balaban J connectivity index is 1.64. The lowest BCUT2D eigenvalue weighted by atomic mass is 9.77. The number of piperidine rings is 1. The molecule has 1 aliphatic carbocycles. The van der Waals surface area contributed by atoms with Crippen molar-refractivity contribution in [3.05, 3.63) is 0 Å². The number of amides is 1. The number of nitrogens with zero attached hydrogens (tertiary/aromatic N) is 1. The van der Waals surface area contributed by atoms with Crippen LogP contribution in [0.5, 0.6) is 0 Å². The Kier molecular flexibility index (Phi) is 3.96. The molecule has 2 aliphatic heterocycles. The number of likely N-dealkylation sites (tertiary alicyclic amines) is 1. The summed E-state index contributed by atoms with van der Waals surface area (Å²) in [6, 6.07) is -0.292. The van der Waals surface area contributed by atoms with Crippen molar-refractivity contribution in [3.8, 4) is 0 Å². The van der Waals surface area contributed by atoms with Gasteiger partial charge in [-0.25, -0.2) is 4.79 Å². The van der Waals surface area contributed by atoms with Crippen LogP contribution < -0.4 is 5.32 Å². The van der Waals surface area contributed by atoms with Gasteiger partial charge in [0, 0.05) is 12.6 Å². The Labute approximate surface area is 119 Å². The maximum absolute atomic E-state index is 12.6. The van der Waals surface area contributed by atoms with E-state index in [2.05, 4.69) is 5.32 Å². The molecular formula is C15H24N2O3. The van der Waals surface area contributed by atoms with Crippen molar-refractivity contribution in [1.29, 1.82) is 0 Å². The van der Waals surface area contributed by atoms with E-state index in [0.717, 1.165) is 31.6 Å². The number of rotatable bonds is 2. The molecular weight excluding hydrogens is 256 g/mol. The van der Waals surface area contributed by atoms with Crippen LogP contribution in [-0.4, -0.2) is 46.6 Å². The van der Waals surface area contributed by atoms with E-state index in [0.29, 0.717) is 19.0 Å². The zero-order valence-corrected chi connectivity index (χ0v) is 11.9. The van der Waals surface area contributed by atoms with E-state index in [9.17, 15) is 14.7 Å². The van der Waals surface area contributed by atoms with Gasteiger partial charge >= 0.3 is 5.97 Å². The molecule has 5 nitrogen and oxygen atoms in total. The monoisotopic (exact) mass is 280 g/mol. The van der Waals surface area contributed by atoms with Crippen molar-refractivity contribution >= 4 is 11.9 Å². The second-order valence-corrected chi connectivity index (χ2v) is 6.48. The number of carboxylic acids is 1. The van der Waals surface area contributed by atoms with Crippen LogP contribution in [0.1, 0.15) is 51.4 Å². The fourth-order valence-electron chi connectivity index (χ4n) is 4.18. The fourth-order valence-corrected chi connectivity index (χ4v) is 4.18. The molecule has 0 bridgehead atoms. The molecule has 4 atom stereocenters. The number of hydrogen-bond acceptors (Lipinski definition) is 3. The van der Waals surface area contributed by atoms with Gasteiger partial charge in [-0.1, -0.05) is 12.8 Å². The third-order valence-electron chi connectivity index (χ3n) is 5.27. The molecule has 2 saturated heterocycles. The topological polar surface area (TPSA) is 69.6 Å².